The first-order valence-corrected chi connectivity index (χ1v) is 13.2. The van der Waals surface area contributed by atoms with Gasteiger partial charge in [0.05, 0.1) is 17.0 Å². The molecule has 5 rings (SSSR count). The molecule has 0 radical (unpaired) electrons. The minimum atomic E-state index is -3.68. The third-order valence-electron chi connectivity index (χ3n) is 7.93. The highest BCUT2D eigenvalue weighted by atomic mass is 35.5. The molecule has 0 aromatic rings. The Bertz CT molecular complexity index is 733. The number of nitrogens with one attached hydrogen (secondary N) is 3. The molecule has 1 saturated heterocycles. The maximum absolute atomic E-state index is 14.7. The number of rotatable bonds is 6. The minimum absolute atomic E-state index is 0.0236. The van der Waals surface area contributed by atoms with Crippen LogP contribution in [-0.4, -0.2) is 62.8 Å². The molecule has 172 valence electrons. The van der Waals surface area contributed by atoms with Gasteiger partial charge in [0.25, 0.3) is 0 Å². The Morgan fingerprint density at radius 2 is 1.90 bits per heavy atom. The molecule has 0 aromatic carbocycles. The quantitative estimate of drug-likeness (QED) is 0.411. The summed E-state index contributed by atoms with van der Waals surface area (Å²) in [5.41, 5.74) is 2.13. The fourth-order valence-corrected chi connectivity index (χ4v) is 8.04. The van der Waals surface area contributed by atoms with E-state index in [1.807, 2.05) is 7.05 Å². The van der Waals surface area contributed by atoms with Crippen LogP contribution < -0.4 is 15.6 Å². The summed E-state index contributed by atoms with van der Waals surface area (Å²) < 4.78 is 40.1. The van der Waals surface area contributed by atoms with Crippen LogP contribution in [0.1, 0.15) is 51.4 Å². The van der Waals surface area contributed by atoms with Gasteiger partial charge in [0.1, 0.15) is 6.17 Å². The molecule has 1 heterocycles. The van der Waals surface area contributed by atoms with Crippen molar-refractivity contribution in [1.82, 2.24) is 20.5 Å². The van der Waals surface area contributed by atoms with Gasteiger partial charge in [-0.1, -0.05) is 0 Å². The summed E-state index contributed by atoms with van der Waals surface area (Å²) in [5, 5.41) is 2.64. The summed E-state index contributed by atoms with van der Waals surface area (Å²) in [7, 11) is -1.68. The van der Waals surface area contributed by atoms with Gasteiger partial charge in [-0.05, 0) is 75.7 Å². The summed E-state index contributed by atoms with van der Waals surface area (Å²) in [5.74, 6) is -0.730. The van der Waals surface area contributed by atoms with Gasteiger partial charge in [0, 0.05) is 19.3 Å². The fraction of sp³-hybridized carbons (Fsp3) is 0.950. The molecule has 5 aliphatic rings. The molecule has 2 bridgehead atoms. The predicted molar refractivity (Wildman–Crippen MR) is 114 cm³/mol. The van der Waals surface area contributed by atoms with Crippen molar-refractivity contribution in [3.05, 3.63) is 0 Å². The Hall–Kier alpha value is -0.480. The second kappa shape index (κ2) is 8.81. The predicted octanol–water partition coefficient (Wildman–Crippen LogP) is 1.74. The maximum atomic E-state index is 14.7. The summed E-state index contributed by atoms with van der Waals surface area (Å²) in [4.78, 5) is 17.1. The molecule has 30 heavy (non-hydrogen) atoms. The number of hydrogen-bond donors (Lipinski definition) is 3. The number of nitrogens with zero attached hydrogens (tertiary/aromatic N) is 1. The lowest BCUT2D eigenvalue weighted by molar-refractivity contribution is -0.129. The number of alkyl halides is 2. The molecular formula is C20H34ClFN4O3S. The molecule has 0 spiro atoms. The smallest absolute Gasteiger partial charge is 0.241 e. The molecule has 3 N–H and O–H groups in total. The zero-order valence-electron chi connectivity index (χ0n) is 17.6. The standard InChI is InChI=1S/C20H34ClFN4O3S/c1-26-10-17(23-12-26)14-8-15(18(22)16(21)9-14)19(27)24-25-30(28,29)11-20-5-2-13(3-6-20)4-7-20/h13-18,23,25H,2-12H2,1H3,(H,24,27). The van der Waals surface area contributed by atoms with E-state index in [1.165, 1.54) is 0 Å². The maximum Gasteiger partial charge on any atom is 0.241 e. The number of halogens is 2. The van der Waals surface area contributed by atoms with E-state index < -0.39 is 33.4 Å². The van der Waals surface area contributed by atoms with Crippen LogP contribution in [-0.2, 0) is 14.8 Å². The first-order valence-electron chi connectivity index (χ1n) is 11.2. The molecule has 5 unspecified atom stereocenters. The van der Waals surface area contributed by atoms with Gasteiger partial charge in [-0.15, -0.1) is 16.4 Å². The highest BCUT2D eigenvalue weighted by Gasteiger charge is 2.46. The van der Waals surface area contributed by atoms with Crippen LogP contribution in [0.25, 0.3) is 0 Å². The monoisotopic (exact) mass is 464 g/mol. The van der Waals surface area contributed by atoms with Crippen molar-refractivity contribution in [2.75, 3.05) is 26.0 Å². The van der Waals surface area contributed by atoms with E-state index in [2.05, 4.69) is 20.5 Å². The van der Waals surface area contributed by atoms with Crippen LogP contribution in [0.5, 0.6) is 0 Å². The van der Waals surface area contributed by atoms with Crippen molar-refractivity contribution in [2.24, 2.45) is 23.2 Å². The average Bonchev–Trinajstić information content (AvgIpc) is 3.15. The van der Waals surface area contributed by atoms with Crippen molar-refractivity contribution in [2.45, 2.75) is 69.0 Å². The van der Waals surface area contributed by atoms with Crippen molar-refractivity contribution in [3.8, 4) is 0 Å². The van der Waals surface area contributed by atoms with E-state index in [0.717, 1.165) is 57.7 Å². The van der Waals surface area contributed by atoms with E-state index in [9.17, 15) is 17.6 Å². The number of hydrogen-bond acceptors (Lipinski definition) is 5. The number of sulfonamides is 1. The minimum Gasteiger partial charge on any atom is -0.300 e. The van der Waals surface area contributed by atoms with E-state index in [-0.39, 0.29) is 23.1 Å². The second-order valence-electron chi connectivity index (χ2n) is 10.1. The number of fused-ring (bicyclic) bond motifs is 3. The third-order valence-corrected chi connectivity index (χ3v) is 9.75. The highest BCUT2D eigenvalue weighted by Crippen LogP contribution is 2.50. The first-order chi connectivity index (χ1) is 14.2. The topological polar surface area (TPSA) is 90.5 Å². The fourth-order valence-electron chi connectivity index (χ4n) is 6.07. The van der Waals surface area contributed by atoms with Gasteiger partial charge >= 0.3 is 0 Å². The van der Waals surface area contributed by atoms with Gasteiger partial charge in [-0.25, -0.2) is 12.8 Å². The lowest BCUT2D eigenvalue weighted by atomic mass is 9.62. The zero-order chi connectivity index (χ0) is 21.5. The van der Waals surface area contributed by atoms with Crippen molar-refractivity contribution in [3.63, 3.8) is 0 Å². The van der Waals surface area contributed by atoms with Gasteiger partial charge < -0.3 is 0 Å². The lowest BCUT2D eigenvalue weighted by Gasteiger charge is -2.46. The molecule has 0 aromatic heterocycles. The Morgan fingerprint density at radius 3 is 2.50 bits per heavy atom. The van der Waals surface area contributed by atoms with Crippen LogP contribution >= 0.6 is 11.6 Å². The van der Waals surface area contributed by atoms with Crippen LogP contribution in [0.4, 0.5) is 4.39 Å². The van der Waals surface area contributed by atoms with Crippen LogP contribution in [0.2, 0.25) is 0 Å². The largest absolute Gasteiger partial charge is 0.300 e. The highest BCUT2D eigenvalue weighted by molar-refractivity contribution is 7.89. The summed E-state index contributed by atoms with van der Waals surface area (Å²) in [6.07, 6.45) is 5.45. The second-order valence-corrected chi connectivity index (χ2v) is 12.4. The Balaban J connectivity index is 1.33. The van der Waals surface area contributed by atoms with Crippen molar-refractivity contribution in [1.29, 1.82) is 0 Å². The van der Waals surface area contributed by atoms with E-state index in [1.54, 1.807) is 0 Å². The molecule has 1 aliphatic heterocycles. The van der Waals surface area contributed by atoms with Crippen molar-refractivity contribution < 1.29 is 17.6 Å². The Labute approximate surface area is 183 Å². The third kappa shape index (κ3) is 4.95. The molecule has 4 aliphatic carbocycles. The van der Waals surface area contributed by atoms with Crippen LogP contribution in [0.15, 0.2) is 0 Å². The summed E-state index contributed by atoms with van der Waals surface area (Å²) in [6.45, 7) is 1.58. The summed E-state index contributed by atoms with van der Waals surface area (Å²) in [6, 6.07) is 0.163. The first kappa shape index (κ1) is 22.7. The molecule has 1 amide bonds. The number of likely N-dealkylation sites (N-methyl/N-ethyl adjacent to an activating group) is 1. The molecule has 7 nitrogen and oxygen atoms in total. The van der Waals surface area contributed by atoms with Gasteiger partial charge in [0.15, 0.2) is 0 Å². The summed E-state index contributed by atoms with van der Waals surface area (Å²) >= 11 is 6.24. The van der Waals surface area contributed by atoms with Crippen LogP contribution in [0, 0.1) is 23.2 Å². The molecule has 4 saturated carbocycles. The molecular weight excluding hydrogens is 431 g/mol. The van der Waals surface area contributed by atoms with Gasteiger partial charge in [0.2, 0.25) is 15.9 Å². The number of carbonyl (C=O) groups excluding carboxylic acids is 1. The van der Waals surface area contributed by atoms with Gasteiger partial charge in [-0.3, -0.25) is 20.4 Å². The Kier molecular flexibility index (Phi) is 6.67. The van der Waals surface area contributed by atoms with Crippen molar-refractivity contribution >= 4 is 27.5 Å². The van der Waals surface area contributed by atoms with E-state index in [0.29, 0.717) is 12.8 Å². The van der Waals surface area contributed by atoms with E-state index >= 15 is 0 Å². The van der Waals surface area contributed by atoms with Gasteiger partial charge in [-0.2, -0.15) is 0 Å². The average molecular weight is 465 g/mol. The number of hydrazine groups is 1. The zero-order valence-corrected chi connectivity index (χ0v) is 19.2. The SMILES string of the molecule is CN1CNC(C2CC(Cl)C(F)C(C(=O)NNS(=O)(=O)CC34CCC(CC3)CC4)C2)C1. The normalized spacial score (nSPS) is 42.4. The molecule has 10 heteroatoms. The molecule has 5 fully saturated rings. The lowest BCUT2D eigenvalue weighted by Crippen LogP contribution is -2.53. The van der Waals surface area contributed by atoms with Crippen LogP contribution in [0.3, 0.4) is 0 Å². The number of carbonyl (C=O) groups is 1. The Morgan fingerprint density at radius 1 is 1.23 bits per heavy atom. The molecule has 5 atom stereocenters. The number of amides is 1. The van der Waals surface area contributed by atoms with E-state index in [4.69, 9.17) is 11.6 Å².